The van der Waals surface area contributed by atoms with Crippen LogP contribution in [0, 0.1) is 11.7 Å². The topological polar surface area (TPSA) is 15.3 Å². The molecule has 0 radical (unpaired) electrons. The van der Waals surface area contributed by atoms with E-state index >= 15 is 0 Å². The summed E-state index contributed by atoms with van der Waals surface area (Å²) in [6.07, 6.45) is 2.42. The summed E-state index contributed by atoms with van der Waals surface area (Å²) in [6, 6.07) is 6.36. The van der Waals surface area contributed by atoms with Crippen molar-refractivity contribution in [1.29, 1.82) is 0 Å². The second-order valence-corrected chi connectivity index (χ2v) is 6.76. The normalized spacial score (nSPS) is 24.3. The number of nitrogens with zero attached hydrogens (tertiary/aromatic N) is 1. The highest BCUT2D eigenvalue weighted by Gasteiger charge is 2.33. The Labute approximate surface area is 129 Å². The highest BCUT2D eigenvalue weighted by atomic mass is 79.9. The fourth-order valence-corrected chi connectivity index (χ4v) is 3.57. The van der Waals surface area contributed by atoms with Crippen molar-refractivity contribution < 1.29 is 4.39 Å². The third-order valence-electron chi connectivity index (χ3n) is 4.21. The van der Waals surface area contributed by atoms with E-state index in [9.17, 15) is 4.39 Å². The van der Waals surface area contributed by atoms with E-state index in [2.05, 4.69) is 46.1 Å². The molecule has 0 saturated carbocycles. The van der Waals surface area contributed by atoms with Crippen LogP contribution in [0.1, 0.15) is 38.3 Å². The van der Waals surface area contributed by atoms with Crippen molar-refractivity contribution in [2.45, 2.75) is 38.8 Å². The van der Waals surface area contributed by atoms with Crippen LogP contribution in [0.25, 0.3) is 0 Å². The number of halogens is 2. The summed E-state index contributed by atoms with van der Waals surface area (Å²) in [7, 11) is 1.99. The van der Waals surface area contributed by atoms with Gasteiger partial charge in [0.1, 0.15) is 5.82 Å². The summed E-state index contributed by atoms with van der Waals surface area (Å²) in [5, 5.41) is 3.29. The van der Waals surface area contributed by atoms with Gasteiger partial charge in [0.2, 0.25) is 0 Å². The zero-order valence-corrected chi connectivity index (χ0v) is 14.1. The lowest BCUT2D eigenvalue weighted by Crippen LogP contribution is -2.45. The van der Waals surface area contributed by atoms with E-state index in [0.717, 1.165) is 18.7 Å². The molecule has 112 valence electrons. The molecule has 2 nitrogen and oxygen atoms in total. The first kappa shape index (κ1) is 15.9. The first-order valence-electron chi connectivity index (χ1n) is 7.40. The summed E-state index contributed by atoms with van der Waals surface area (Å²) in [5.41, 5.74) is 1.10. The minimum Gasteiger partial charge on any atom is -0.319 e. The molecule has 1 aromatic carbocycles. The Morgan fingerprint density at radius 3 is 2.80 bits per heavy atom. The van der Waals surface area contributed by atoms with Crippen LogP contribution in [0.4, 0.5) is 4.39 Å². The second-order valence-electron chi connectivity index (χ2n) is 5.91. The van der Waals surface area contributed by atoms with Gasteiger partial charge in [0.25, 0.3) is 0 Å². The lowest BCUT2D eigenvalue weighted by Gasteiger charge is -2.44. The number of nitrogens with one attached hydrogen (secondary N) is 1. The number of rotatable bonds is 4. The zero-order valence-electron chi connectivity index (χ0n) is 12.5. The standard InChI is InChI=1S/C16H24BrFN2/c1-11(2)20-8-4-5-13(10-19-3)16(20)12-6-7-14(17)15(18)9-12/h6-7,9,11,13,16,19H,4-5,8,10H2,1-3H3. The van der Waals surface area contributed by atoms with Crippen LogP contribution in [-0.4, -0.2) is 31.1 Å². The van der Waals surface area contributed by atoms with E-state index in [1.165, 1.54) is 12.8 Å². The Balaban J connectivity index is 2.35. The quantitative estimate of drug-likeness (QED) is 0.890. The third kappa shape index (κ3) is 3.41. The van der Waals surface area contributed by atoms with Crippen LogP contribution < -0.4 is 5.32 Å². The molecule has 1 aliphatic rings. The van der Waals surface area contributed by atoms with Crippen molar-refractivity contribution in [3.8, 4) is 0 Å². The smallest absolute Gasteiger partial charge is 0.137 e. The summed E-state index contributed by atoms with van der Waals surface area (Å²) < 4.78 is 14.4. The van der Waals surface area contributed by atoms with Crippen molar-refractivity contribution in [1.82, 2.24) is 10.2 Å². The number of hydrogen-bond acceptors (Lipinski definition) is 2. The molecule has 0 bridgehead atoms. The van der Waals surface area contributed by atoms with E-state index in [0.29, 0.717) is 22.5 Å². The van der Waals surface area contributed by atoms with E-state index < -0.39 is 0 Å². The summed E-state index contributed by atoms with van der Waals surface area (Å²) in [6.45, 7) is 6.53. The number of benzene rings is 1. The van der Waals surface area contributed by atoms with E-state index in [4.69, 9.17) is 0 Å². The van der Waals surface area contributed by atoms with Crippen molar-refractivity contribution in [3.63, 3.8) is 0 Å². The molecule has 0 aromatic heterocycles. The number of piperidine rings is 1. The van der Waals surface area contributed by atoms with Crippen LogP contribution in [0.15, 0.2) is 22.7 Å². The van der Waals surface area contributed by atoms with Crippen molar-refractivity contribution in [2.75, 3.05) is 20.1 Å². The largest absolute Gasteiger partial charge is 0.319 e. The van der Waals surface area contributed by atoms with Crippen molar-refractivity contribution >= 4 is 15.9 Å². The molecule has 4 heteroatoms. The molecule has 1 fully saturated rings. The first-order chi connectivity index (χ1) is 9.54. The lowest BCUT2D eigenvalue weighted by atomic mass is 9.83. The highest BCUT2D eigenvalue weighted by Crippen LogP contribution is 2.37. The average Bonchev–Trinajstić information content (AvgIpc) is 2.42. The minimum absolute atomic E-state index is 0.167. The molecule has 0 amide bonds. The summed E-state index contributed by atoms with van der Waals surface area (Å²) in [5.74, 6) is 0.372. The van der Waals surface area contributed by atoms with E-state index in [-0.39, 0.29) is 5.82 Å². The summed E-state index contributed by atoms with van der Waals surface area (Å²) in [4.78, 5) is 2.51. The third-order valence-corrected chi connectivity index (χ3v) is 4.85. The molecule has 2 atom stereocenters. The Kier molecular flexibility index (Phi) is 5.58. The number of hydrogen-bond donors (Lipinski definition) is 1. The highest BCUT2D eigenvalue weighted by molar-refractivity contribution is 9.10. The van der Waals surface area contributed by atoms with Gasteiger partial charge >= 0.3 is 0 Å². The summed E-state index contributed by atoms with van der Waals surface area (Å²) >= 11 is 3.24. The molecular weight excluding hydrogens is 319 g/mol. The fourth-order valence-electron chi connectivity index (χ4n) is 3.32. The molecular formula is C16H24BrFN2. The van der Waals surface area contributed by atoms with Gasteiger partial charge in [0.05, 0.1) is 4.47 Å². The molecule has 20 heavy (non-hydrogen) atoms. The molecule has 2 rings (SSSR count). The van der Waals surface area contributed by atoms with Crippen molar-refractivity contribution in [2.24, 2.45) is 5.92 Å². The molecule has 0 aliphatic carbocycles. The van der Waals surface area contributed by atoms with Gasteiger partial charge in [-0.05, 0) is 86.4 Å². The fraction of sp³-hybridized carbons (Fsp3) is 0.625. The molecule has 1 heterocycles. The molecule has 1 N–H and O–H groups in total. The van der Waals surface area contributed by atoms with Gasteiger partial charge in [-0.15, -0.1) is 0 Å². The maximum Gasteiger partial charge on any atom is 0.137 e. The first-order valence-corrected chi connectivity index (χ1v) is 8.19. The van der Waals surface area contributed by atoms with Crippen LogP contribution in [0.5, 0.6) is 0 Å². The second kappa shape index (κ2) is 7.01. The van der Waals surface area contributed by atoms with Gasteiger partial charge in [-0.3, -0.25) is 4.90 Å². The van der Waals surface area contributed by atoms with Crippen LogP contribution in [0.3, 0.4) is 0 Å². The minimum atomic E-state index is -0.167. The monoisotopic (exact) mass is 342 g/mol. The van der Waals surface area contributed by atoms with E-state index in [1.54, 1.807) is 6.07 Å². The predicted molar refractivity (Wildman–Crippen MR) is 85.3 cm³/mol. The maximum absolute atomic E-state index is 13.9. The Bertz CT molecular complexity index is 448. The van der Waals surface area contributed by atoms with Gasteiger partial charge in [-0.2, -0.15) is 0 Å². The van der Waals surface area contributed by atoms with Gasteiger partial charge in [-0.25, -0.2) is 4.39 Å². The molecule has 1 saturated heterocycles. The molecule has 1 aliphatic heterocycles. The Hall–Kier alpha value is -0.450. The van der Waals surface area contributed by atoms with Gasteiger partial charge in [0.15, 0.2) is 0 Å². The van der Waals surface area contributed by atoms with Crippen LogP contribution >= 0.6 is 15.9 Å². The van der Waals surface area contributed by atoms with Crippen LogP contribution in [-0.2, 0) is 0 Å². The lowest BCUT2D eigenvalue weighted by molar-refractivity contribution is 0.0634. The molecule has 0 spiro atoms. The van der Waals surface area contributed by atoms with Crippen molar-refractivity contribution in [3.05, 3.63) is 34.1 Å². The Morgan fingerprint density at radius 2 is 2.20 bits per heavy atom. The van der Waals surface area contributed by atoms with Gasteiger partial charge in [0, 0.05) is 12.1 Å². The molecule has 2 unspecified atom stereocenters. The SMILES string of the molecule is CNCC1CCCN(C(C)C)C1c1ccc(Br)c(F)c1. The zero-order chi connectivity index (χ0) is 14.7. The maximum atomic E-state index is 13.9. The van der Waals surface area contributed by atoms with E-state index in [1.807, 2.05) is 13.1 Å². The predicted octanol–water partition coefficient (Wildman–Crippen LogP) is 3.97. The van der Waals surface area contributed by atoms with Gasteiger partial charge < -0.3 is 5.32 Å². The number of likely N-dealkylation sites (tertiary alicyclic amines) is 1. The van der Waals surface area contributed by atoms with Crippen LogP contribution in [0.2, 0.25) is 0 Å². The Morgan fingerprint density at radius 1 is 1.45 bits per heavy atom. The average molecular weight is 343 g/mol. The molecule has 1 aromatic rings. The van der Waals surface area contributed by atoms with Gasteiger partial charge in [-0.1, -0.05) is 6.07 Å².